The Morgan fingerprint density at radius 2 is 2.09 bits per heavy atom. The molecule has 2 heterocycles. The summed E-state index contributed by atoms with van der Waals surface area (Å²) in [6.45, 7) is 0.623. The molecule has 2 aliphatic rings. The zero-order valence-electron chi connectivity index (χ0n) is 5.86. The van der Waals surface area contributed by atoms with Gasteiger partial charge in [-0.3, -0.25) is 0 Å². The quantitative estimate of drug-likeness (QED) is 0.529. The number of rotatable bonds is 0. The number of hydrogen-bond donors (Lipinski definition) is 1. The molecule has 0 saturated carbocycles. The number of hydrogen-bond acceptors (Lipinski definition) is 2. The van der Waals surface area contributed by atoms with Crippen LogP contribution in [0.3, 0.4) is 0 Å². The molecule has 2 fully saturated rings. The van der Waals surface area contributed by atoms with E-state index < -0.39 is 6.30 Å². The summed E-state index contributed by atoms with van der Waals surface area (Å²) in [6, 6.07) is -0.235. The highest BCUT2D eigenvalue weighted by Crippen LogP contribution is 2.33. The fourth-order valence-electron chi connectivity index (χ4n) is 1.87. The summed E-state index contributed by atoms with van der Waals surface area (Å²) < 4.78 is 36.3. The number of likely N-dealkylation sites (tertiary alicyclic amines) is 1. The first-order chi connectivity index (χ1) is 5.07. The molecule has 0 spiro atoms. The van der Waals surface area contributed by atoms with Crippen LogP contribution in [0.4, 0.5) is 13.2 Å². The zero-order valence-corrected chi connectivity index (χ0v) is 5.86. The third kappa shape index (κ3) is 1.12. The molecule has 2 bridgehead atoms. The molecule has 2 nitrogen and oxygen atoms in total. The molecular weight excluding hydrogens is 157 g/mol. The standard InChI is InChI=1S/C6H9F3N2/c7-6(8,9)11-3-4-1-5(11)2-10-4/h4-5,10H,1-3H2/t4-,5-/m0/s1. The molecule has 0 aromatic carbocycles. The minimum Gasteiger partial charge on any atom is -0.311 e. The third-order valence-corrected chi connectivity index (χ3v) is 2.38. The molecule has 0 amide bonds. The van der Waals surface area contributed by atoms with Gasteiger partial charge in [0.2, 0.25) is 0 Å². The lowest BCUT2D eigenvalue weighted by Gasteiger charge is -2.28. The Kier molecular flexibility index (Phi) is 1.41. The molecule has 0 aromatic heterocycles. The van der Waals surface area contributed by atoms with E-state index in [1.54, 1.807) is 0 Å². The van der Waals surface area contributed by atoms with Crippen LogP contribution in [0.1, 0.15) is 6.42 Å². The average Bonchev–Trinajstić information content (AvgIpc) is 2.42. The van der Waals surface area contributed by atoms with Crippen LogP contribution < -0.4 is 5.32 Å². The summed E-state index contributed by atoms with van der Waals surface area (Å²) >= 11 is 0. The van der Waals surface area contributed by atoms with Gasteiger partial charge in [0.1, 0.15) is 0 Å². The fourth-order valence-corrected chi connectivity index (χ4v) is 1.87. The largest absolute Gasteiger partial charge is 0.460 e. The van der Waals surface area contributed by atoms with E-state index in [4.69, 9.17) is 0 Å². The first-order valence-corrected chi connectivity index (χ1v) is 3.64. The summed E-state index contributed by atoms with van der Waals surface area (Å²) in [4.78, 5) is 0.633. The maximum absolute atomic E-state index is 12.1. The van der Waals surface area contributed by atoms with E-state index in [-0.39, 0.29) is 18.6 Å². The molecule has 1 N–H and O–H groups in total. The minimum absolute atomic E-state index is 0.0709. The van der Waals surface area contributed by atoms with Crippen molar-refractivity contribution in [1.29, 1.82) is 0 Å². The van der Waals surface area contributed by atoms with Crippen molar-refractivity contribution >= 4 is 0 Å². The van der Waals surface area contributed by atoms with Gasteiger partial charge in [-0.05, 0) is 6.42 Å². The van der Waals surface area contributed by atoms with Gasteiger partial charge in [0.25, 0.3) is 0 Å². The Hall–Kier alpha value is -0.290. The lowest BCUT2D eigenvalue weighted by atomic mass is 10.2. The molecular formula is C6H9F3N2. The number of alkyl halides is 3. The molecule has 0 radical (unpaired) electrons. The molecule has 0 aromatic rings. The molecule has 0 unspecified atom stereocenters. The first-order valence-electron chi connectivity index (χ1n) is 3.64. The Morgan fingerprint density at radius 3 is 2.36 bits per heavy atom. The van der Waals surface area contributed by atoms with Crippen molar-refractivity contribution < 1.29 is 13.2 Å². The Morgan fingerprint density at radius 1 is 1.36 bits per heavy atom. The predicted octanol–water partition coefficient (Wildman–Crippen LogP) is 0.552. The normalized spacial score (nSPS) is 38.5. The van der Waals surface area contributed by atoms with Crippen LogP contribution >= 0.6 is 0 Å². The van der Waals surface area contributed by atoms with Gasteiger partial charge in [-0.15, -0.1) is 0 Å². The van der Waals surface area contributed by atoms with Gasteiger partial charge in [-0.1, -0.05) is 0 Å². The van der Waals surface area contributed by atoms with Crippen molar-refractivity contribution in [2.45, 2.75) is 24.8 Å². The topological polar surface area (TPSA) is 15.3 Å². The van der Waals surface area contributed by atoms with Crippen molar-refractivity contribution in [3.05, 3.63) is 0 Å². The monoisotopic (exact) mass is 166 g/mol. The number of fused-ring (bicyclic) bond motifs is 2. The van der Waals surface area contributed by atoms with Crippen molar-refractivity contribution in [2.75, 3.05) is 13.1 Å². The summed E-state index contributed by atoms with van der Waals surface area (Å²) in [5.74, 6) is 0. The minimum atomic E-state index is -4.12. The van der Waals surface area contributed by atoms with Crippen LogP contribution in [0.25, 0.3) is 0 Å². The van der Waals surface area contributed by atoms with E-state index in [1.165, 1.54) is 0 Å². The van der Waals surface area contributed by atoms with Crippen molar-refractivity contribution in [3.8, 4) is 0 Å². The van der Waals surface area contributed by atoms with Gasteiger partial charge in [0.05, 0.1) is 0 Å². The smallest absolute Gasteiger partial charge is 0.311 e. The second-order valence-corrected chi connectivity index (χ2v) is 3.11. The molecule has 2 saturated heterocycles. The van der Waals surface area contributed by atoms with Crippen LogP contribution in [0, 0.1) is 0 Å². The van der Waals surface area contributed by atoms with E-state index in [0.29, 0.717) is 17.9 Å². The van der Waals surface area contributed by atoms with E-state index >= 15 is 0 Å². The predicted molar refractivity (Wildman–Crippen MR) is 33.0 cm³/mol. The fraction of sp³-hybridized carbons (Fsp3) is 1.00. The third-order valence-electron chi connectivity index (χ3n) is 2.38. The zero-order chi connectivity index (χ0) is 8.06. The highest BCUT2D eigenvalue weighted by Gasteiger charge is 2.50. The number of nitrogens with zero attached hydrogens (tertiary/aromatic N) is 1. The Bertz CT molecular complexity index is 168. The summed E-state index contributed by atoms with van der Waals surface area (Å²) in [5, 5.41) is 3.02. The maximum atomic E-state index is 12.1. The van der Waals surface area contributed by atoms with E-state index in [0.717, 1.165) is 0 Å². The number of nitrogens with one attached hydrogen (secondary N) is 1. The van der Waals surface area contributed by atoms with Crippen LogP contribution in [-0.2, 0) is 0 Å². The van der Waals surface area contributed by atoms with Gasteiger partial charge in [0, 0.05) is 25.2 Å². The molecule has 5 heteroatoms. The molecule has 11 heavy (non-hydrogen) atoms. The lowest BCUT2D eigenvalue weighted by molar-refractivity contribution is -0.252. The molecule has 2 atom stereocenters. The van der Waals surface area contributed by atoms with Gasteiger partial charge >= 0.3 is 6.30 Å². The molecule has 64 valence electrons. The van der Waals surface area contributed by atoms with E-state index in [2.05, 4.69) is 5.32 Å². The maximum Gasteiger partial charge on any atom is 0.460 e. The van der Waals surface area contributed by atoms with Crippen LogP contribution in [0.5, 0.6) is 0 Å². The van der Waals surface area contributed by atoms with Gasteiger partial charge in [0.15, 0.2) is 0 Å². The van der Waals surface area contributed by atoms with Crippen molar-refractivity contribution in [1.82, 2.24) is 10.2 Å². The van der Waals surface area contributed by atoms with Gasteiger partial charge in [-0.25, -0.2) is 4.90 Å². The molecule has 0 aliphatic carbocycles. The Labute approximate surface area is 62.4 Å². The van der Waals surface area contributed by atoms with Crippen LogP contribution in [-0.4, -0.2) is 36.4 Å². The van der Waals surface area contributed by atoms with Crippen LogP contribution in [0.15, 0.2) is 0 Å². The summed E-state index contributed by atoms with van der Waals surface area (Å²) in [7, 11) is 0. The van der Waals surface area contributed by atoms with E-state index in [1.807, 2.05) is 0 Å². The summed E-state index contributed by atoms with van der Waals surface area (Å²) in [5.41, 5.74) is 0. The SMILES string of the molecule is FC(F)(F)N1C[C@@H]2C[C@H]1CN2. The number of halogens is 3. The van der Waals surface area contributed by atoms with Crippen molar-refractivity contribution in [2.24, 2.45) is 0 Å². The average molecular weight is 166 g/mol. The lowest BCUT2D eigenvalue weighted by Crippen LogP contribution is -2.50. The highest BCUT2D eigenvalue weighted by molar-refractivity contribution is 4.97. The van der Waals surface area contributed by atoms with Crippen molar-refractivity contribution in [3.63, 3.8) is 0 Å². The highest BCUT2D eigenvalue weighted by atomic mass is 19.4. The van der Waals surface area contributed by atoms with Gasteiger partial charge in [-0.2, -0.15) is 13.2 Å². The Balaban J connectivity index is 2.08. The first kappa shape index (κ1) is 7.36. The second-order valence-electron chi connectivity index (χ2n) is 3.11. The van der Waals surface area contributed by atoms with Crippen LogP contribution in [0.2, 0.25) is 0 Å². The number of piperazine rings is 1. The molecule has 2 rings (SSSR count). The van der Waals surface area contributed by atoms with Gasteiger partial charge < -0.3 is 5.32 Å². The second kappa shape index (κ2) is 2.10. The molecule has 2 aliphatic heterocycles. The van der Waals surface area contributed by atoms with E-state index in [9.17, 15) is 13.2 Å². The summed E-state index contributed by atoms with van der Waals surface area (Å²) in [6.07, 6.45) is -3.47.